The minimum absolute atomic E-state index is 0.0811. The number of aromatic nitrogens is 3. The molecule has 2 aromatic carbocycles. The number of nitrogens with zero attached hydrogens (tertiary/aromatic N) is 8. The molecule has 4 aliphatic rings. The van der Waals surface area contributed by atoms with Gasteiger partial charge in [-0.15, -0.1) is 0 Å². The van der Waals surface area contributed by atoms with E-state index in [1.165, 1.54) is 11.6 Å². The lowest BCUT2D eigenvalue weighted by molar-refractivity contribution is -0.137. The van der Waals surface area contributed by atoms with Crippen molar-refractivity contribution in [3.8, 4) is 5.75 Å². The van der Waals surface area contributed by atoms with Gasteiger partial charge in [0.15, 0.2) is 18.2 Å². The summed E-state index contributed by atoms with van der Waals surface area (Å²) in [6, 6.07) is 12.5. The van der Waals surface area contributed by atoms with Gasteiger partial charge in [-0.25, -0.2) is 4.98 Å². The van der Waals surface area contributed by atoms with Crippen molar-refractivity contribution < 1.29 is 23.9 Å². The van der Waals surface area contributed by atoms with E-state index in [1.54, 1.807) is 24.2 Å². The highest BCUT2D eigenvalue weighted by Crippen LogP contribution is 2.32. The Morgan fingerprint density at radius 3 is 2.37 bits per heavy atom. The van der Waals surface area contributed by atoms with Gasteiger partial charge >= 0.3 is 0 Å². The van der Waals surface area contributed by atoms with Gasteiger partial charge in [-0.2, -0.15) is 4.98 Å². The lowest BCUT2D eigenvalue weighted by atomic mass is 10.0. The second-order valence-corrected chi connectivity index (χ2v) is 15.8. The topological polar surface area (TPSA) is 178 Å². The third-order valence-corrected chi connectivity index (χ3v) is 11.9. The monoisotopic (exact) mass is 825 g/mol. The number of hydrogen-bond donors (Lipinski definition) is 3. The first-order valence-corrected chi connectivity index (χ1v) is 20.4. The Kier molecular flexibility index (Phi) is 11.7. The van der Waals surface area contributed by atoms with Crippen molar-refractivity contribution >= 4 is 69.3 Å². The Morgan fingerprint density at radius 2 is 1.66 bits per heavy atom. The van der Waals surface area contributed by atoms with Crippen LogP contribution in [0.25, 0.3) is 10.9 Å². The van der Waals surface area contributed by atoms with E-state index in [1.807, 2.05) is 30.3 Å². The predicted molar refractivity (Wildman–Crippen MR) is 223 cm³/mol. The van der Waals surface area contributed by atoms with Crippen LogP contribution in [0.2, 0.25) is 5.02 Å². The average Bonchev–Trinajstić information content (AvgIpc) is 3.57. The van der Waals surface area contributed by atoms with E-state index >= 15 is 0 Å². The summed E-state index contributed by atoms with van der Waals surface area (Å²) in [6.07, 6.45) is 3.28. The van der Waals surface area contributed by atoms with Crippen molar-refractivity contribution in [3.05, 3.63) is 75.2 Å². The standard InChI is InChI=1S/C41H48ClN11O6/c1-43-36(55)25-59-34-22-26-20-28(4-7-32(26)48(2)40(34)58)45-37-31(42)23-44-41(47-37)52-18-14-50(15-19-52)11-3-10-49-12-16-51(17-13-49)29-5-6-30-27(21-29)24-53(39(30)57)33-8-9-35(54)46-38(33)56/h4-7,20-23,33H,3,8-19,24-25H2,1-2H3,(H,43,55)(H,44,45,47)(H,46,54,56). The van der Waals surface area contributed by atoms with Gasteiger partial charge in [0, 0.05) is 102 Å². The number of rotatable bonds is 12. The molecule has 3 fully saturated rings. The molecule has 0 spiro atoms. The van der Waals surface area contributed by atoms with Crippen molar-refractivity contribution in [3.63, 3.8) is 0 Å². The Hall–Kier alpha value is -5.78. The molecular formula is C41H48ClN11O6. The lowest BCUT2D eigenvalue weighted by Crippen LogP contribution is -2.52. The number of imide groups is 1. The number of carbonyl (C=O) groups excluding carboxylic acids is 4. The van der Waals surface area contributed by atoms with Crippen molar-refractivity contribution in [2.45, 2.75) is 31.8 Å². The fraction of sp³-hybridized carbons (Fsp3) is 0.439. The van der Waals surface area contributed by atoms with E-state index in [4.69, 9.17) is 21.3 Å². The molecule has 0 saturated carbocycles. The number of piperazine rings is 2. The van der Waals surface area contributed by atoms with E-state index < -0.39 is 11.9 Å². The number of pyridine rings is 1. The zero-order valence-corrected chi connectivity index (χ0v) is 34.0. The third kappa shape index (κ3) is 8.67. The number of halogens is 1. The highest BCUT2D eigenvalue weighted by Gasteiger charge is 2.39. The normalized spacial score (nSPS) is 18.9. The maximum absolute atomic E-state index is 13.1. The molecule has 6 heterocycles. The smallest absolute Gasteiger partial charge is 0.293 e. The number of anilines is 4. The molecule has 3 N–H and O–H groups in total. The zero-order valence-electron chi connectivity index (χ0n) is 33.2. The molecule has 1 unspecified atom stereocenters. The highest BCUT2D eigenvalue weighted by molar-refractivity contribution is 6.33. The molecule has 3 saturated heterocycles. The molecule has 4 aliphatic heterocycles. The van der Waals surface area contributed by atoms with Gasteiger partial charge in [0.2, 0.25) is 17.8 Å². The highest BCUT2D eigenvalue weighted by atomic mass is 35.5. The van der Waals surface area contributed by atoms with Crippen molar-refractivity contribution in [2.75, 3.05) is 94.2 Å². The molecule has 4 aromatic rings. The molecule has 8 rings (SSSR count). The molecule has 59 heavy (non-hydrogen) atoms. The average molecular weight is 826 g/mol. The summed E-state index contributed by atoms with van der Waals surface area (Å²) < 4.78 is 6.99. The Morgan fingerprint density at radius 1 is 0.932 bits per heavy atom. The third-order valence-electron chi connectivity index (χ3n) is 11.7. The summed E-state index contributed by atoms with van der Waals surface area (Å²) in [5.41, 5.74) is 3.75. The first-order valence-electron chi connectivity index (χ1n) is 20.0. The predicted octanol–water partition coefficient (Wildman–Crippen LogP) is 1.95. The van der Waals surface area contributed by atoms with Gasteiger partial charge in [0.1, 0.15) is 11.1 Å². The van der Waals surface area contributed by atoms with Gasteiger partial charge in [0.25, 0.3) is 17.4 Å². The summed E-state index contributed by atoms with van der Waals surface area (Å²) in [7, 11) is 3.17. The largest absolute Gasteiger partial charge is 0.478 e. The van der Waals surface area contributed by atoms with Crippen LogP contribution < -0.4 is 36.0 Å². The molecule has 17 nitrogen and oxygen atoms in total. The van der Waals surface area contributed by atoms with Gasteiger partial charge in [-0.1, -0.05) is 11.6 Å². The molecule has 1 atom stereocenters. The molecule has 2 aromatic heterocycles. The number of fused-ring (bicyclic) bond motifs is 2. The van der Waals surface area contributed by atoms with E-state index in [0.717, 1.165) is 88.5 Å². The molecule has 0 aliphatic carbocycles. The first kappa shape index (κ1) is 40.0. The summed E-state index contributed by atoms with van der Waals surface area (Å²) in [4.78, 5) is 82.1. The summed E-state index contributed by atoms with van der Waals surface area (Å²) >= 11 is 6.55. The number of amides is 4. The number of aryl methyl sites for hydroxylation is 1. The van der Waals surface area contributed by atoms with Crippen LogP contribution in [0.1, 0.15) is 35.2 Å². The van der Waals surface area contributed by atoms with E-state index in [0.29, 0.717) is 46.5 Å². The fourth-order valence-electron chi connectivity index (χ4n) is 8.26. The van der Waals surface area contributed by atoms with Crippen LogP contribution in [0.4, 0.5) is 23.1 Å². The van der Waals surface area contributed by atoms with Crippen LogP contribution in [0.5, 0.6) is 5.75 Å². The minimum atomic E-state index is -0.608. The van der Waals surface area contributed by atoms with E-state index in [-0.39, 0.29) is 42.1 Å². The fourth-order valence-corrected chi connectivity index (χ4v) is 8.40. The van der Waals surface area contributed by atoms with Crippen LogP contribution in [0, 0.1) is 0 Å². The number of hydrogen-bond acceptors (Lipinski definition) is 13. The molecule has 310 valence electrons. The number of likely N-dealkylation sites (N-methyl/N-ethyl adjacent to an activating group) is 1. The van der Waals surface area contributed by atoms with Gasteiger partial charge in [-0.3, -0.25) is 39.1 Å². The minimum Gasteiger partial charge on any atom is -0.478 e. The van der Waals surface area contributed by atoms with Crippen LogP contribution in [-0.4, -0.2) is 138 Å². The Balaban J connectivity index is 0.788. The van der Waals surface area contributed by atoms with E-state index in [2.05, 4.69) is 46.6 Å². The van der Waals surface area contributed by atoms with Crippen LogP contribution in [-0.2, 0) is 28.0 Å². The quantitative estimate of drug-likeness (QED) is 0.177. The molecule has 4 amide bonds. The van der Waals surface area contributed by atoms with Crippen LogP contribution >= 0.6 is 11.6 Å². The number of piperidine rings is 1. The SMILES string of the molecule is CNC(=O)COc1cc2cc(Nc3nc(N4CCN(CCCN5CCN(c6ccc7c(c6)CN(C6CCC(=O)NC6=O)C7=O)CC5)CC4)ncc3Cl)ccc2n(C)c1=O. The van der Waals surface area contributed by atoms with Crippen LogP contribution in [0.3, 0.4) is 0 Å². The number of nitrogens with one attached hydrogen (secondary N) is 3. The van der Waals surface area contributed by atoms with Gasteiger partial charge < -0.3 is 34.6 Å². The molecule has 18 heteroatoms. The van der Waals surface area contributed by atoms with Gasteiger partial charge in [-0.05, 0) is 74.0 Å². The Bertz CT molecular complexity index is 2340. The first-order chi connectivity index (χ1) is 28.5. The summed E-state index contributed by atoms with van der Waals surface area (Å²) in [5.74, 6) is 0.000245. The molecule has 0 radical (unpaired) electrons. The van der Waals surface area contributed by atoms with Crippen molar-refractivity contribution in [2.24, 2.45) is 7.05 Å². The second kappa shape index (κ2) is 17.2. The van der Waals surface area contributed by atoms with E-state index in [9.17, 15) is 24.0 Å². The summed E-state index contributed by atoms with van der Waals surface area (Å²) in [6.45, 7) is 9.27. The van der Waals surface area contributed by atoms with Gasteiger partial charge in [0.05, 0.1) is 11.7 Å². The maximum atomic E-state index is 13.1. The second-order valence-electron chi connectivity index (χ2n) is 15.4. The molecule has 0 bridgehead atoms. The molecular weight excluding hydrogens is 778 g/mol. The van der Waals surface area contributed by atoms with Crippen LogP contribution in [0.15, 0.2) is 53.5 Å². The van der Waals surface area contributed by atoms with Crippen molar-refractivity contribution in [1.29, 1.82) is 0 Å². The summed E-state index contributed by atoms with van der Waals surface area (Å²) in [5, 5.41) is 9.28. The maximum Gasteiger partial charge on any atom is 0.293 e. The number of benzene rings is 2. The number of carbonyl (C=O) groups is 4. The Labute approximate surface area is 346 Å². The number of ether oxygens (including phenoxy) is 1. The van der Waals surface area contributed by atoms with Crippen molar-refractivity contribution in [1.82, 2.24) is 39.9 Å². The lowest BCUT2D eigenvalue weighted by Gasteiger charge is -2.37. The zero-order chi connectivity index (χ0) is 41.2.